The molecule has 2 nitrogen and oxygen atoms in total. The van der Waals surface area contributed by atoms with Crippen LogP contribution in [-0.4, -0.2) is 18.3 Å². The van der Waals surface area contributed by atoms with Crippen LogP contribution in [0.15, 0.2) is 36.4 Å². The van der Waals surface area contributed by atoms with Crippen LogP contribution in [0.2, 0.25) is 5.02 Å². The smallest absolute Gasteiger partial charge is 0.399 e. The molecule has 1 aliphatic rings. The lowest BCUT2D eigenvalue weighted by Gasteiger charge is -2.32. The molecule has 0 amide bonds. The summed E-state index contributed by atoms with van der Waals surface area (Å²) in [7, 11) is -0.359. The molecule has 1 saturated heterocycles. The van der Waals surface area contributed by atoms with Crippen molar-refractivity contribution in [3.8, 4) is 0 Å². The van der Waals surface area contributed by atoms with Gasteiger partial charge in [0.25, 0.3) is 0 Å². The van der Waals surface area contributed by atoms with Crippen molar-refractivity contribution >= 4 is 35.0 Å². The van der Waals surface area contributed by atoms with Gasteiger partial charge in [-0.15, -0.1) is 0 Å². The summed E-state index contributed by atoms with van der Waals surface area (Å²) < 4.78 is 12.3. The minimum atomic E-state index is -0.359. The summed E-state index contributed by atoms with van der Waals surface area (Å²) in [6.07, 6.45) is 0. The highest BCUT2D eigenvalue weighted by Gasteiger charge is 2.52. The summed E-state index contributed by atoms with van der Waals surface area (Å²) in [6.45, 7) is 8.24. The van der Waals surface area contributed by atoms with Crippen LogP contribution in [0.4, 0.5) is 0 Å². The maximum absolute atomic E-state index is 6.27. The average molecular weight is 289 g/mol. The molecule has 0 spiro atoms. The van der Waals surface area contributed by atoms with Gasteiger partial charge in [0.1, 0.15) is 0 Å². The molecule has 0 radical (unpaired) electrons. The van der Waals surface area contributed by atoms with E-state index in [1.54, 1.807) is 0 Å². The van der Waals surface area contributed by atoms with Crippen molar-refractivity contribution in [1.82, 2.24) is 0 Å². The second-order valence-corrected chi connectivity index (χ2v) is 6.68. The Bertz CT molecular complexity index is 651. The van der Waals surface area contributed by atoms with Gasteiger partial charge in [-0.25, -0.2) is 0 Å². The first-order valence-corrected chi connectivity index (χ1v) is 7.22. The molecule has 2 aromatic rings. The van der Waals surface area contributed by atoms with Crippen molar-refractivity contribution in [2.24, 2.45) is 0 Å². The number of halogens is 1. The van der Waals surface area contributed by atoms with E-state index in [-0.39, 0.29) is 18.3 Å². The Kier molecular flexibility index (Phi) is 3.13. The number of hydrogen-bond donors (Lipinski definition) is 0. The fourth-order valence-electron chi connectivity index (χ4n) is 2.46. The molecule has 0 atom stereocenters. The van der Waals surface area contributed by atoms with Crippen molar-refractivity contribution in [2.45, 2.75) is 38.9 Å². The maximum atomic E-state index is 6.27. The van der Waals surface area contributed by atoms with Crippen molar-refractivity contribution in [3.05, 3.63) is 41.4 Å². The van der Waals surface area contributed by atoms with Gasteiger partial charge in [-0.1, -0.05) is 41.9 Å². The number of benzene rings is 2. The van der Waals surface area contributed by atoms with Crippen LogP contribution in [-0.2, 0) is 9.31 Å². The van der Waals surface area contributed by atoms with Gasteiger partial charge in [-0.05, 0) is 50.0 Å². The van der Waals surface area contributed by atoms with Crippen LogP contribution in [0.25, 0.3) is 10.8 Å². The molecule has 3 rings (SSSR count). The second-order valence-electron chi connectivity index (χ2n) is 6.27. The van der Waals surface area contributed by atoms with E-state index < -0.39 is 0 Å². The molecule has 0 unspecified atom stereocenters. The fraction of sp³-hybridized carbons (Fsp3) is 0.375. The van der Waals surface area contributed by atoms with Gasteiger partial charge < -0.3 is 9.31 Å². The standard InChI is InChI=1S/C16H18BClO2/c1-15(2)16(3,4)20-17(19-15)13-9-10-14(18)12-8-6-5-7-11(12)13/h5-10H,1-4H3. The molecule has 0 N–H and O–H groups in total. The maximum Gasteiger partial charge on any atom is 0.495 e. The largest absolute Gasteiger partial charge is 0.495 e. The van der Waals surface area contributed by atoms with Crippen LogP contribution in [0.3, 0.4) is 0 Å². The Balaban J connectivity index is 2.11. The molecule has 20 heavy (non-hydrogen) atoms. The third kappa shape index (κ3) is 2.05. The number of hydrogen-bond acceptors (Lipinski definition) is 2. The Morgan fingerprint density at radius 1 is 0.850 bits per heavy atom. The molecule has 0 aliphatic carbocycles. The normalized spacial score (nSPS) is 20.6. The first-order chi connectivity index (χ1) is 9.32. The Hall–Kier alpha value is -1.03. The minimum absolute atomic E-state index is 0.335. The van der Waals surface area contributed by atoms with E-state index in [4.69, 9.17) is 20.9 Å². The Morgan fingerprint density at radius 2 is 1.40 bits per heavy atom. The summed E-state index contributed by atoms with van der Waals surface area (Å²) in [5.74, 6) is 0. The Morgan fingerprint density at radius 3 is 2.00 bits per heavy atom. The highest BCUT2D eigenvalue weighted by molar-refractivity contribution is 6.65. The highest BCUT2D eigenvalue weighted by Crippen LogP contribution is 2.37. The molecular formula is C16H18BClO2. The van der Waals surface area contributed by atoms with Gasteiger partial charge in [0.15, 0.2) is 0 Å². The lowest BCUT2D eigenvalue weighted by Crippen LogP contribution is -2.41. The van der Waals surface area contributed by atoms with E-state index in [1.807, 2.05) is 30.3 Å². The zero-order chi connectivity index (χ0) is 14.5. The van der Waals surface area contributed by atoms with E-state index in [2.05, 4.69) is 33.8 Å². The summed E-state index contributed by atoms with van der Waals surface area (Å²) in [4.78, 5) is 0. The summed E-state index contributed by atoms with van der Waals surface area (Å²) in [6, 6.07) is 12.0. The van der Waals surface area contributed by atoms with E-state index in [0.29, 0.717) is 0 Å². The first-order valence-electron chi connectivity index (χ1n) is 6.85. The van der Waals surface area contributed by atoms with Crippen molar-refractivity contribution in [1.29, 1.82) is 0 Å². The monoisotopic (exact) mass is 288 g/mol. The lowest BCUT2D eigenvalue weighted by molar-refractivity contribution is 0.00578. The van der Waals surface area contributed by atoms with Gasteiger partial charge in [-0.3, -0.25) is 0 Å². The molecule has 0 saturated carbocycles. The van der Waals surface area contributed by atoms with E-state index in [1.165, 1.54) is 0 Å². The number of fused-ring (bicyclic) bond motifs is 1. The van der Waals surface area contributed by atoms with Crippen molar-refractivity contribution < 1.29 is 9.31 Å². The predicted molar refractivity (Wildman–Crippen MR) is 84.7 cm³/mol. The zero-order valence-corrected chi connectivity index (χ0v) is 13.0. The predicted octanol–water partition coefficient (Wildman–Crippen LogP) is 3.79. The van der Waals surface area contributed by atoms with E-state index >= 15 is 0 Å². The van der Waals surface area contributed by atoms with Crippen molar-refractivity contribution in [2.75, 3.05) is 0 Å². The van der Waals surface area contributed by atoms with Crippen molar-refractivity contribution in [3.63, 3.8) is 0 Å². The molecule has 2 aromatic carbocycles. The summed E-state index contributed by atoms with van der Waals surface area (Å²) in [5.41, 5.74) is 0.361. The third-order valence-corrected chi connectivity index (χ3v) is 4.74. The molecule has 1 fully saturated rings. The second kappa shape index (κ2) is 4.49. The molecular weight excluding hydrogens is 270 g/mol. The topological polar surface area (TPSA) is 18.5 Å². The van der Waals surface area contributed by atoms with Gasteiger partial charge in [0.05, 0.1) is 11.2 Å². The summed E-state index contributed by atoms with van der Waals surface area (Å²) in [5, 5.41) is 2.86. The first kappa shape index (κ1) is 13.9. The molecule has 1 heterocycles. The van der Waals surface area contributed by atoms with Crippen LogP contribution in [0.5, 0.6) is 0 Å². The number of rotatable bonds is 1. The van der Waals surface area contributed by atoms with E-state index in [0.717, 1.165) is 21.3 Å². The molecule has 0 bridgehead atoms. The van der Waals surface area contributed by atoms with Gasteiger partial charge >= 0.3 is 7.12 Å². The van der Waals surface area contributed by atoms with Gasteiger partial charge in [0.2, 0.25) is 0 Å². The fourth-order valence-corrected chi connectivity index (χ4v) is 2.69. The highest BCUT2D eigenvalue weighted by atomic mass is 35.5. The average Bonchev–Trinajstić information content (AvgIpc) is 2.59. The van der Waals surface area contributed by atoms with Gasteiger partial charge in [0, 0.05) is 5.02 Å². The van der Waals surface area contributed by atoms with Crippen LogP contribution >= 0.6 is 11.6 Å². The summed E-state index contributed by atoms with van der Waals surface area (Å²) >= 11 is 6.27. The van der Waals surface area contributed by atoms with E-state index in [9.17, 15) is 0 Å². The van der Waals surface area contributed by atoms with Crippen LogP contribution in [0.1, 0.15) is 27.7 Å². The molecule has 104 valence electrons. The lowest BCUT2D eigenvalue weighted by atomic mass is 9.76. The molecule has 4 heteroatoms. The van der Waals surface area contributed by atoms with Gasteiger partial charge in [-0.2, -0.15) is 0 Å². The Labute approximate surface area is 125 Å². The SMILES string of the molecule is CC1(C)OB(c2ccc(Cl)c3ccccc23)OC1(C)C. The third-order valence-electron chi connectivity index (χ3n) is 4.41. The molecule has 1 aliphatic heterocycles. The molecule has 0 aromatic heterocycles. The zero-order valence-electron chi connectivity index (χ0n) is 12.2. The van der Waals surface area contributed by atoms with Crippen LogP contribution in [0, 0.1) is 0 Å². The van der Waals surface area contributed by atoms with Crippen LogP contribution < -0.4 is 5.46 Å². The quantitative estimate of drug-likeness (QED) is 0.743. The minimum Gasteiger partial charge on any atom is -0.399 e.